The molecule has 0 fully saturated rings. The van der Waals surface area contributed by atoms with Crippen molar-refractivity contribution < 1.29 is 9.59 Å². The first-order valence-electron chi connectivity index (χ1n) is 11.3. The summed E-state index contributed by atoms with van der Waals surface area (Å²) in [7, 11) is 0. The zero-order valence-electron chi connectivity index (χ0n) is 19.8. The van der Waals surface area contributed by atoms with Crippen molar-refractivity contribution in [2.24, 2.45) is 0 Å². The van der Waals surface area contributed by atoms with Gasteiger partial charge in [-0.05, 0) is 47.0 Å². The van der Waals surface area contributed by atoms with Crippen LogP contribution in [-0.2, 0) is 15.0 Å². The highest BCUT2D eigenvalue weighted by atomic mass is 35.5. The van der Waals surface area contributed by atoms with Crippen LogP contribution in [0.15, 0.2) is 41.1 Å². The van der Waals surface area contributed by atoms with Crippen LogP contribution in [0, 0.1) is 0 Å². The highest BCUT2D eigenvalue weighted by Crippen LogP contribution is 2.48. The quantitative estimate of drug-likeness (QED) is 0.464. The summed E-state index contributed by atoms with van der Waals surface area (Å²) in [5.74, 6) is 0.621. The maximum absolute atomic E-state index is 13.5. The number of nitrogens with one attached hydrogen (secondary N) is 1. The topological polar surface area (TPSA) is 67.2 Å². The Labute approximate surface area is 213 Å². The van der Waals surface area contributed by atoms with Gasteiger partial charge in [-0.2, -0.15) is 16.4 Å². The predicted molar refractivity (Wildman–Crippen MR) is 142 cm³/mol. The molecule has 0 saturated heterocycles. The second-order valence-electron chi connectivity index (χ2n) is 9.31. The molecular formula is C25H29ClN4O2S2. The van der Waals surface area contributed by atoms with Crippen molar-refractivity contribution in [3.63, 3.8) is 0 Å². The van der Waals surface area contributed by atoms with Gasteiger partial charge in [0.1, 0.15) is 12.4 Å². The average molecular weight is 517 g/mol. The number of amides is 2. The van der Waals surface area contributed by atoms with E-state index in [1.165, 1.54) is 0 Å². The molecule has 1 aromatic carbocycles. The number of halogens is 1. The third kappa shape index (κ3) is 5.04. The van der Waals surface area contributed by atoms with E-state index in [4.69, 9.17) is 16.7 Å². The maximum Gasteiger partial charge on any atom is 0.240 e. The molecule has 1 aliphatic heterocycles. The van der Waals surface area contributed by atoms with Gasteiger partial charge >= 0.3 is 0 Å². The first kappa shape index (κ1) is 24.8. The molecule has 34 heavy (non-hydrogen) atoms. The molecule has 1 N–H and O–H groups in total. The molecule has 2 amide bonds. The van der Waals surface area contributed by atoms with E-state index in [0.717, 1.165) is 28.9 Å². The number of anilines is 1. The molecule has 1 aliphatic rings. The van der Waals surface area contributed by atoms with E-state index in [2.05, 4.69) is 42.9 Å². The summed E-state index contributed by atoms with van der Waals surface area (Å²) in [6.45, 7) is 8.88. The van der Waals surface area contributed by atoms with Crippen LogP contribution in [0.3, 0.4) is 0 Å². The van der Waals surface area contributed by atoms with Crippen molar-refractivity contribution in [3.8, 4) is 5.69 Å². The van der Waals surface area contributed by atoms with Gasteiger partial charge in [0.15, 0.2) is 0 Å². The summed E-state index contributed by atoms with van der Waals surface area (Å²) in [4.78, 5) is 27.9. The normalized spacial score (nSPS) is 16.3. The lowest BCUT2D eigenvalue weighted by atomic mass is 9.87. The molecule has 4 rings (SSSR count). The Morgan fingerprint density at radius 2 is 2.09 bits per heavy atom. The number of carbonyl (C=O) groups is 2. The van der Waals surface area contributed by atoms with Gasteiger partial charge in [0.25, 0.3) is 0 Å². The second-order valence-corrected chi connectivity index (χ2v) is 11.6. The Hall–Kier alpha value is -2.29. The maximum atomic E-state index is 13.5. The van der Waals surface area contributed by atoms with Gasteiger partial charge in [-0.15, -0.1) is 11.8 Å². The fraction of sp³-hybridized carbons (Fsp3) is 0.400. The number of hydrogen-bond acceptors (Lipinski definition) is 5. The monoisotopic (exact) mass is 516 g/mol. The van der Waals surface area contributed by atoms with Crippen molar-refractivity contribution in [3.05, 3.63) is 62.9 Å². The lowest BCUT2D eigenvalue weighted by Crippen LogP contribution is -2.42. The lowest BCUT2D eigenvalue weighted by molar-refractivity contribution is -0.122. The molecule has 3 aromatic rings. The van der Waals surface area contributed by atoms with Crippen molar-refractivity contribution >= 4 is 52.3 Å². The minimum atomic E-state index is -0.285. The van der Waals surface area contributed by atoms with Crippen LogP contribution in [0.4, 0.5) is 5.82 Å². The number of thiophene rings is 1. The van der Waals surface area contributed by atoms with Gasteiger partial charge in [-0.3, -0.25) is 14.5 Å². The standard InChI is InChI=1S/C25H29ClN4O2S2/c1-5-10-27-19(31)13-29-20(32)15-34-22(16-9-11-33-14-16)21-23(25(2,3)4)28-30(24(21)29)18-8-6-7-17(26)12-18/h6-9,11-12,14,22H,5,10,13,15H2,1-4H3,(H,27,31). The molecule has 0 bridgehead atoms. The van der Waals surface area contributed by atoms with E-state index in [9.17, 15) is 9.59 Å². The minimum absolute atomic E-state index is 0.0570. The van der Waals surface area contributed by atoms with Crippen LogP contribution in [0.2, 0.25) is 5.02 Å². The van der Waals surface area contributed by atoms with Crippen LogP contribution in [0.5, 0.6) is 0 Å². The van der Waals surface area contributed by atoms with E-state index >= 15 is 0 Å². The minimum Gasteiger partial charge on any atom is -0.355 e. The first-order valence-corrected chi connectivity index (χ1v) is 13.7. The highest BCUT2D eigenvalue weighted by Gasteiger charge is 2.40. The summed E-state index contributed by atoms with van der Waals surface area (Å²) in [6, 6.07) is 9.53. The second kappa shape index (κ2) is 10.1. The molecule has 2 aromatic heterocycles. The summed E-state index contributed by atoms with van der Waals surface area (Å²) in [6.07, 6.45) is 0.829. The van der Waals surface area contributed by atoms with E-state index in [-0.39, 0.29) is 34.8 Å². The number of hydrogen-bond donors (Lipinski definition) is 1. The number of nitrogens with zero attached hydrogens (tertiary/aromatic N) is 3. The highest BCUT2D eigenvalue weighted by molar-refractivity contribution is 8.00. The molecule has 0 spiro atoms. The number of thioether (sulfide) groups is 1. The largest absolute Gasteiger partial charge is 0.355 e. The fourth-order valence-corrected chi connectivity index (χ4v) is 6.16. The van der Waals surface area contributed by atoms with E-state index in [1.807, 2.05) is 31.2 Å². The SMILES string of the molecule is CCCNC(=O)CN1C(=O)CSC(c2ccsc2)c2c(C(C)(C)C)nn(-c3cccc(Cl)c3)c21. The van der Waals surface area contributed by atoms with Gasteiger partial charge < -0.3 is 5.32 Å². The number of fused-ring (bicyclic) bond motifs is 1. The summed E-state index contributed by atoms with van der Waals surface area (Å²) >= 11 is 9.56. The van der Waals surface area contributed by atoms with Gasteiger partial charge in [0.05, 0.1) is 22.4 Å². The molecule has 6 nitrogen and oxygen atoms in total. The molecule has 9 heteroatoms. The molecule has 1 unspecified atom stereocenters. The number of carbonyl (C=O) groups excluding carboxylic acids is 2. The zero-order valence-corrected chi connectivity index (χ0v) is 22.2. The molecule has 0 saturated carbocycles. The molecule has 180 valence electrons. The Morgan fingerprint density at radius 1 is 1.29 bits per heavy atom. The van der Waals surface area contributed by atoms with Crippen LogP contribution in [0.1, 0.15) is 56.2 Å². The zero-order chi connectivity index (χ0) is 24.5. The third-order valence-electron chi connectivity index (χ3n) is 5.57. The van der Waals surface area contributed by atoms with Crippen LogP contribution in [0.25, 0.3) is 5.69 Å². The average Bonchev–Trinajstić information content (AvgIpc) is 3.42. The summed E-state index contributed by atoms with van der Waals surface area (Å²) in [5, 5.41) is 12.6. The van der Waals surface area contributed by atoms with Crippen LogP contribution >= 0.6 is 34.7 Å². The van der Waals surface area contributed by atoms with Crippen molar-refractivity contribution in [1.82, 2.24) is 15.1 Å². The molecule has 3 heterocycles. The number of aromatic nitrogens is 2. The van der Waals surface area contributed by atoms with E-state index in [0.29, 0.717) is 17.4 Å². The van der Waals surface area contributed by atoms with Crippen molar-refractivity contribution in [2.45, 2.75) is 44.8 Å². The van der Waals surface area contributed by atoms with E-state index < -0.39 is 0 Å². The summed E-state index contributed by atoms with van der Waals surface area (Å²) < 4.78 is 1.79. The molecular weight excluding hydrogens is 488 g/mol. The third-order valence-corrected chi connectivity index (χ3v) is 7.76. The van der Waals surface area contributed by atoms with Crippen molar-refractivity contribution in [2.75, 3.05) is 23.7 Å². The molecule has 1 atom stereocenters. The van der Waals surface area contributed by atoms with E-state index in [1.54, 1.807) is 32.7 Å². The first-order chi connectivity index (χ1) is 16.2. The van der Waals surface area contributed by atoms with Gasteiger partial charge in [0.2, 0.25) is 11.8 Å². The predicted octanol–water partition coefficient (Wildman–Crippen LogP) is 5.58. The summed E-state index contributed by atoms with van der Waals surface area (Å²) in [5.41, 5.74) is 3.48. The Balaban J connectivity index is 1.98. The van der Waals surface area contributed by atoms with Gasteiger partial charge in [0, 0.05) is 22.5 Å². The number of rotatable bonds is 6. The fourth-order valence-electron chi connectivity index (χ4n) is 4.01. The number of benzene rings is 1. The van der Waals surface area contributed by atoms with Gasteiger partial charge in [-0.25, -0.2) is 4.68 Å². The Morgan fingerprint density at radius 3 is 2.74 bits per heavy atom. The van der Waals surface area contributed by atoms with Crippen LogP contribution < -0.4 is 10.2 Å². The Kier molecular flexibility index (Phi) is 7.40. The van der Waals surface area contributed by atoms with Crippen molar-refractivity contribution in [1.29, 1.82) is 0 Å². The molecule has 0 radical (unpaired) electrons. The van der Waals surface area contributed by atoms with Crippen LogP contribution in [-0.4, -0.2) is 40.4 Å². The Bertz CT molecular complexity index is 1180. The lowest BCUT2D eigenvalue weighted by Gasteiger charge is -2.24. The van der Waals surface area contributed by atoms with Gasteiger partial charge in [-0.1, -0.05) is 45.4 Å². The smallest absolute Gasteiger partial charge is 0.240 e. The molecule has 0 aliphatic carbocycles.